The second kappa shape index (κ2) is 9.42. The molecule has 2 N–H and O–H groups in total. The van der Waals surface area contributed by atoms with Crippen LogP contribution in [0.15, 0.2) is 48.5 Å². The van der Waals surface area contributed by atoms with Crippen molar-refractivity contribution >= 4 is 40.7 Å². The van der Waals surface area contributed by atoms with Crippen LogP contribution in [0.25, 0.3) is 11.3 Å². The Bertz CT molecular complexity index is 1080. The van der Waals surface area contributed by atoms with Gasteiger partial charge < -0.3 is 15.4 Å². The van der Waals surface area contributed by atoms with Crippen molar-refractivity contribution in [3.05, 3.63) is 58.6 Å². The highest BCUT2D eigenvalue weighted by atomic mass is 35.5. The number of benzene rings is 2. The molecule has 0 saturated heterocycles. The average Bonchev–Trinajstić information content (AvgIpc) is 3.23. The third-order valence-corrected chi connectivity index (χ3v) is 5.62. The first-order valence-electron chi connectivity index (χ1n) is 10.00. The van der Waals surface area contributed by atoms with Crippen molar-refractivity contribution in [3.63, 3.8) is 0 Å². The lowest BCUT2D eigenvalue weighted by atomic mass is 10.1. The van der Waals surface area contributed by atoms with Crippen molar-refractivity contribution in [2.24, 2.45) is 0 Å². The van der Waals surface area contributed by atoms with Gasteiger partial charge in [0.25, 0.3) is 0 Å². The van der Waals surface area contributed by atoms with Gasteiger partial charge in [-0.05, 0) is 37.1 Å². The molecule has 0 spiro atoms. The van der Waals surface area contributed by atoms with Crippen LogP contribution in [0, 0.1) is 0 Å². The lowest BCUT2D eigenvalue weighted by Gasteiger charge is -2.16. The van der Waals surface area contributed by atoms with E-state index in [-0.39, 0.29) is 11.8 Å². The minimum absolute atomic E-state index is 0.238. The maximum atomic E-state index is 12.7. The van der Waals surface area contributed by atoms with Crippen molar-refractivity contribution in [3.8, 4) is 17.0 Å². The van der Waals surface area contributed by atoms with Crippen LogP contribution in [-0.4, -0.2) is 22.4 Å². The molecule has 10 heteroatoms. The van der Waals surface area contributed by atoms with Gasteiger partial charge in [-0.15, -0.1) is 13.2 Å². The van der Waals surface area contributed by atoms with Gasteiger partial charge in [0.1, 0.15) is 11.6 Å². The zero-order chi connectivity index (χ0) is 22.7. The molecule has 0 aliphatic heterocycles. The molecule has 1 aromatic heterocycles. The van der Waals surface area contributed by atoms with Gasteiger partial charge in [0.2, 0.25) is 5.95 Å². The van der Waals surface area contributed by atoms with E-state index < -0.39 is 6.36 Å². The van der Waals surface area contributed by atoms with Crippen molar-refractivity contribution < 1.29 is 17.9 Å². The second-order valence-electron chi connectivity index (χ2n) is 7.39. The van der Waals surface area contributed by atoms with E-state index in [9.17, 15) is 13.2 Å². The highest BCUT2D eigenvalue weighted by Gasteiger charge is 2.31. The van der Waals surface area contributed by atoms with Crippen LogP contribution in [-0.2, 0) is 0 Å². The van der Waals surface area contributed by atoms with Crippen molar-refractivity contribution in [2.75, 3.05) is 10.6 Å². The molecule has 2 aromatic carbocycles. The molecule has 1 fully saturated rings. The number of ether oxygens (including phenoxy) is 1. The predicted molar refractivity (Wildman–Crippen MR) is 120 cm³/mol. The number of alkyl halides is 3. The molecule has 1 aliphatic rings. The highest BCUT2D eigenvalue weighted by molar-refractivity contribution is 6.39. The summed E-state index contributed by atoms with van der Waals surface area (Å²) in [6.07, 6.45) is -0.542. The molecule has 5 nitrogen and oxygen atoms in total. The van der Waals surface area contributed by atoms with E-state index in [1.165, 1.54) is 18.2 Å². The lowest BCUT2D eigenvalue weighted by molar-refractivity contribution is -0.274. The maximum Gasteiger partial charge on any atom is 0.573 e. The summed E-state index contributed by atoms with van der Waals surface area (Å²) < 4.78 is 42.0. The summed E-state index contributed by atoms with van der Waals surface area (Å²) in [7, 11) is 0. The van der Waals surface area contributed by atoms with Crippen LogP contribution in [0.3, 0.4) is 0 Å². The summed E-state index contributed by atoms with van der Waals surface area (Å²) in [6.45, 7) is 0. The Morgan fingerprint density at radius 3 is 2.31 bits per heavy atom. The molecule has 32 heavy (non-hydrogen) atoms. The molecule has 3 aromatic rings. The molecule has 0 bridgehead atoms. The second-order valence-corrected chi connectivity index (χ2v) is 8.20. The van der Waals surface area contributed by atoms with Crippen LogP contribution in [0.5, 0.6) is 5.75 Å². The number of para-hydroxylation sites is 1. The van der Waals surface area contributed by atoms with E-state index in [0.717, 1.165) is 25.7 Å². The van der Waals surface area contributed by atoms with Gasteiger partial charge >= 0.3 is 6.36 Å². The van der Waals surface area contributed by atoms with Crippen LogP contribution < -0.4 is 15.4 Å². The summed E-state index contributed by atoms with van der Waals surface area (Å²) in [4.78, 5) is 9.05. The van der Waals surface area contributed by atoms with Gasteiger partial charge in [0.15, 0.2) is 0 Å². The first-order chi connectivity index (χ1) is 15.3. The monoisotopic (exact) mass is 482 g/mol. The summed E-state index contributed by atoms with van der Waals surface area (Å²) >= 11 is 12.5. The molecule has 0 radical (unpaired) electrons. The third kappa shape index (κ3) is 5.75. The molecule has 0 amide bonds. The largest absolute Gasteiger partial charge is 0.573 e. The SMILES string of the molecule is FC(F)(F)Oc1cccc(-c2cc(Nc3c(Cl)cccc3Cl)nc(NC3CCCC3)n2)c1. The number of halogens is 5. The smallest absolute Gasteiger partial charge is 0.406 e. The Kier molecular flexibility index (Phi) is 6.62. The van der Waals surface area contributed by atoms with E-state index in [4.69, 9.17) is 23.2 Å². The van der Waals surface area contributed by atoms with Gasteiger partial charge in [-0.3, -0.25) is 0 Å². The standard InChI is InChI=1S/C22H19Cl2F3N4O/c23-16-9-4-10-17(24)20(16)30-19-12-18(29-21(31-19)28-14-6-1-2-7-14)13-5-3-8-15(11-13)32-22(25,26)27/h3-5,8-12,14H,1-2,6-7H2,(H2,28,29,30,31). The van der Waals surface area contributed by atoms with Gasteiger partial charge in [0.05, 0.1) is 21.4 Å². The van der Waals surface area contributed by atoms with Crippen molar-refractivity contribution in [1.82, 2.24) is 9.97 Å². The lowest BCUT2D eigenvalue weighted by Crippen LogP contribution is -2.17. The number of nitrogens with zero attached hydrogens (tertiary/aromatic N) is 2. The Labute approximate surface area is 192 Å². The van der Waals surface area contributed by atoms with Gasteiger partial charge in [-0.25, -0.2) is 4.98 Å². The Morgan fingerprint density at radius 2 is 1.62 bits per heavy atom. The molecule has 1 aliphatic carbocycles. The summed E-state index contributed by atoms with van der Waals surface area (Å²) in [6, 6.07) is 12.6. The molecule has 0 atom stereocenters. The Balaban J connectivity index is 1.71. The minimum Gasteiger partial charge on any atom is -0.406 e. The fourth-order valence-electron chi connectivity index (χ4n) is 3.57. The van der Waals surface area contributed by atoms with E-state index in [2.05, 4.69) is 25.3 Å². The van der Waals surface area contributed by atoms with E-state index in [1.807, 2.05) is 0 Å². The van der Waals surface area contributed by atoms with Gasteiger partial charge in [-0.2, -0.15) is 4.98 Å². The predicted octanol–water partition coefficient (Wildman–Crippen LogP) is 7.45. The normalized spacial score (nSPS) is 14.4. The minimum atomic E-state index is -4.78. The first-order valence-corrected chi connectivity index (χ1v) is 10.8. The third-order valence-electron chi connectivity index (χ3n) is 4.99. The fraction of sp³-hybridized carbons (Fsp3) is 0.273. The van der Waals surface area contributed by atoms with Crippen molar-refractivity contribution in [2.45, 2.75) is 38.1 Å². The highest BCUT2D eigenvalue weighted by Crippen LogP contribution is 2.34. The Hall–Kier alpha value is -2.71. The number of nitrogens with one attached hydrogen (secondary N) is 2. The zero-order valence-corrected chi connectivity index (χ0v) is 18.2. The summed E-state index contributed by atoms with van der Waals surface area (Å²) in [5.41, 5.74) is 1.33. The van der Waals surface area contributed by atoms with Crippen LogP contribution in [0.4, 0.5) is 30.6 Å². The number of hydrogen-bond acceptors (Lipinski definition) is 5. The van der Waals surface area contributed by atoms with E-state index in [0.29, 0.717) is 38.8 Å². The molecular weight excluding hydrogens is 464 g/mol. The summed E-state index contributed by atoms with van der Waals surface area (Å²) in [5.74, 6) is 0.428. The molecule has 1 heterocycles. The first kappa shape index (κ1) is 22.5. The Morgan fingerprint density at radius 1 is 0.938 bits per heavy atom. The number of anilines is 3. The quantitative estimate of drug-likeness (QED) is 0.382. The summed E-state index contributed by atoms with van der Waals surface area (Å²) in [5, 5.41) is 7.23. The zero-order valence-electron chi connectivity index (χ0n) is 16.7. The maximum absolute atomic E-state index is 12.7. The molecule has 0 unspecified atom stereocenters. The van der Waals surface area contributed by atoms with E-state index in [1.54, 1.807) is 30.3 Å². The van der Waals surface area contributed by atoms with Crippen molar-refractivity contribution in [1.29, 1.82) is 0 Å². The fourth-order valence-corrected chi connectivity index (χ4v) is 4.07. The molecule has 4 rings (SSSR count). The number of rotatable bonds is 6. The van der Waals surface area contributed by atoms with E-state index >= 15 is 0 Å². The molecule has 1 saturated carbocycles. The van der Waals surface area contributed by atoms with Gasteiger partial charge in [-0.1, -0.05) is 54.2 Å². The molecular formula is C22H19Cl2F3N4O. The van der Waals surface area contributed by atoms with Gasteiger partial charge in [0, 0.05) is 17.7 Å². The number of hydrogen-bond donors (Lipinski definition) is 2. The molecule has 168 valence electrons. The van der Waals surface area contributed by atoms with Crippen LogP contribution in [0.1, 0.15) is 25.7 Å². The van der Waals surface area contributed by atoms with Crippen LogP contribution in [0.2, 0.25) is 10.0 Å². The number of aromatic nitrogens is 2. The van der Waals surface area contributed by atoms with Crippen LogP contribution >= 0.6 is 23.2 Å². The average molecular weight is 483 g/mol. The topological polar surface area (TPSA) is 59.1 Å².